The van der Waals surface area contributed by atoms with E-state index in [1.54, 1.807) is 31.4 Å². The maximum absolute atomic E-state index is 11.8. The number of carboxylic acids is 1. The van der Waals surface area contributed by atoms with Gasteiger partial charge in [0.25, 0.3) is 0 Å². The maximum Gasteiger partial charge on any atom is 0.339 e. The van der Waals surface area contributed by atoms with E-state index in [9.17, 15) is 66.1 Å². The van der Waals surface area contributed by atoms with Gasteiger partial charge >= 0.3 is 5.97 Å². The molecule has 6 aromatic carbocycles. The van der Waals surface area contributed by atoms with E-state index in [2.05, 4.69) is 152 Å². The molecule has 0 radical (unpaired) electrons. The van der Waals surface area contributed by atoms with E-state index in [0.717, 1.165) is 221 Å². The summed E-state index contributed by atoms with van der Waals surface area (Å²) >= 11 is 0. The summed E-state index contributed by atoms with van der Waals surface area (Å²) in [6.07, 6.45) is 42.5. The number of hydrogen-bond acceptors (Lipinski definition) is 13. The zero-order valence-corrected chi connectivity index (χ0v) is 85.7. The molecule has 12 N–H and O–H groups in total. The quantitative estimate of drug-likeness (QED) is 0.0143. The summed E-state index contributed by atoms with van der Waals surface area (Å²) < 4.78 is 5.67. The average molecular weight is 1850 g/mol. The Morgan fingerprint density at radius 1 is 0.296 bits per heavy atom. The van der Waals surface area contributed by atoms with E-state index in [-0.39, 0.29) is 128 Å². The monoisotopic (exact) mass is 1850 g/mol. The fourth-order valence-electron chi connectivity index (χ4n) is 21.2. The van der Waals surface area contributed by atoms with Gasteiger partial charge in [-0.15, -0.1) is 0 Å². The largest absolute Gasteiger partial charge is 0.507 e. The second-order valence-electron chi connectivity index (χ2n) is 40.5. The molecule has 12 atom stereocenters. The molecule has 12 rings (SSSR count). The molecule has 6 aliphatic carbocycles. The van der Waals surface area contributed by atoms with E-state index in [1.165, 1.54) is 70.8 Å². The zero-order chi connectivity index (χ0) is 100. The fraction of sp³-hybridized carbons (Fsp3) is 0.496. The normalized spacial score (nSPS) is 21.2. The summed E-state index contributed by atoms with van der Waals surface area (Å²) in [6.45, 7) is 62.0. The van der Waals surface area contributed by atoms with Crippen molar-refractivity contribution in [3.05, 3.63) is 282 Å². The first-order chi connectivity index (χ1) is 63.9. The molecule has 0 spiro atoms. The van der Waals surface area contributed by atoms with Crippen LogP contribution < -0.4 is 4.74 Å². The van der Waals surface area contributed by atoms with Crippen LogP contribution in [0.3, 0.4) is 0 Å². The molecule has 135 heavy (non-hydrogen) atoms. The molecule has 0 heterocycles. The summed E-state index contributed by atoms with van der Waals surface area (Å²) in [5, 5.41) is 125. The summed E-state index contributed by atoms with van der Waals surface area (Å²) in [5.41, 5.74) is 23.7. The standard InChI is InChI=1S/C22H30O4.C22H32O2.C21H30O2.C20H28O2.C19H26O2.C17H22O2/c1-5-6-7-8-15-12-18(23)20(21(24)19(15)22(25)26)17-11-14(4)9-10-16(17)13(2)3;1-6-7-8-9-17-13-20(23)22(21(14-17)24-5)19-12-16(4)10-11-18(19)15(2)3;1-5-6-7-8-16-12-19(22)21(20(23)13-16)18-11-15(4)9-10-17(18)14(2)3;1-5-6-7-15-11-18(21)20(19(22)12-15)17-10-14(4)8-9-16(17)13(2)3;1-5-6-14-10-17(20)19(18(21)11-14)16-9-13(4)7-8-15(16)12(2)3;1-10(2)13-6-5-11(3)7-14(13)17-15(18)8-12(4)9-16(17)19/h11-12,16-17,23-24H,2,5-10H2,1,3-4H3,(H,25,26);12-14,18-19,23H,2,6-11H2,1,3-5H3;11-13,17-18,22-23H,2,5-10H2,1,3-4H3;10-12,16-17,21-22H,2,5-9H2,1,3-4H3;9-11,15-16,20-21H,2,5-8H2,1,3-4H3;7-9,13-14,18-19H,1,5-6H2,2-4H3/t16-,17+;18-,19+;17-,18+;16-,17+;15-,16+;13-,14+/m000000/s1. The molecule has 0 fully saturated rings. The van der Waals surface area contributed by atoms with Crippen molar-refractivity contribution in [2.45, 2.75) is 346 Å². The molecule has 0 bridgehead atoms. The van der Waals surface area contributed by atoms with Crippen LogP contribution in [0.4, 0.5) is 0 Å². The molecule has 0 unspecified atom stereocenters. The number of phenols is 11. The van der Waals surface area contributed by atoms with Gasteiger partial charge in [0.15, 0.2) is 0 Å². The van der Waals surface area contributed by atoms with Crippen LogP contribution >= 0.6 is 0 Å². The number of carbonyl (C=O) groups is 1. The SMILES string of the molecule is C=C(C)[C@@H]1CCC(C)=C[C@H]1c1c(O)cc(C)cc1O.C=C(C)[C@@H]1CCC(C)=C[C@H]1c1c(O)cc(CCC)cc1O.C=C(C)[C@@H]1CCC(C)=C[C@H]1c1c(O)cc(CCCC)cc1O.C=C(C)[C@@H]1CCC(C)=C[C@H]1c1c(O)cc(CCCCC)c(C(=O)O)c1O.C=C(C)[C@@H]1CCC(C)=C[C@H]1c1c(O)cc(CCCCC)cc1O.C=C(C)[C@@H]1CCC(C)=C[C@H]1c1c(O)cc(CCCCC)cc1OC. The Morgan fingerprint density at radius 2 is 0.526 bits per heavy atom. The molecular formula is C121H168O14. The Kier molecular flexibility index (Phi) is 43.8. The summed E-state index contributed by atoms with van der Waals surface area (Å²) in [7, 11) is 1.70. The first-order valence-electron chi connectivity index (χ1n) is 50.3. The van der Waals surface area contributed by atoms with Crippen LogP contribution in [0.25, 0.3) is 0 Å². The lowest BCUT2D eigenvalue weighted by atomic mass is 9.73. The van der Waals surface area contributed by atoms with E-state index < -0.39 is 5.97 Å². The number of aromatic carboxylic acids is 1. The van der Waals surface area contributed by atoms with E-state index in [1.807, 2.05) is 84.9 Å². The molecular weight excluding hydrogens is 1680 g/mol. The van der Waals surface area contributed by atoms with Crippen LogP contribution in [0, 0.1) is 42.4 Å². The predicted molar refractivity (Wildman–Crippen MR) is 562 cm³/mol. The van der Waals surface area contributed by atoms with E-state index in [4.69, 9.17) is 4.74 Å². The number of allylic oxidation sites excluding steroid dienone is 18. The van der Waals surface area contributed by atoms with E-state index in [0.29, 0.717) is 51.5 Å². The van der Waals surface area contributed by atoms with E-state index >= 15 is 0 Å². The van der Waals surface area contributed by atoms with Gasteiger partial charge in [0.05, 0.1) is 7.11 Å². The highest BCUT2D eigenvalue weighted by Gasteiger charge is 2.38. The minimum absolute atomic E-state index is 0.0194. The van der Waals surface area contributed by atoms with Crippen molar-refractivity contribution >= 4 is 5.97 Å². The Balaban J connectivity index is 0.000000221. The summed E-state index contributed by atoms with van der Waals surface area (Å²) in [6, 6.07) is 19.9. The third kappa shape index (κ3) is 30.6. The zero-order valence-electron chi connectivity index (χ0n) is 85.7. The lowest BCUT2D eigenvalue weighted by Gasteiger charge is -2.32. The van der Waals surface area contributed by atoms with Gasteiger partial charge in [0.1, 0.15) is 74.6 Å². The Bertz CT molecular complexity index is 5220. The molecule has 14 heteroatoms. The van der Waals surface area contributed by atoms with Gasteiger partial charge < -0.3 is 66.0 Å². The van der Waals surface area contributed by atoms with Crippen LogP contribution in [0.2, 0.25) is 0 Å². The predicted octanol–water partition coefficient (Wildman–Crippen LogP) is 32.5. The van der Waals surface area contributed by atoms with Crippen molar-refractivity contribution in [1.82, 2.24) is 0 Å². The summed E-state index contributed by atoms with van der Waals surface area (Å²) in [4.78, 5) is 11.8. The van der Waals surface area contributed by atoms with Crippen molar-refractivity contribution in [3.63, 3.8) is 0 Å². The average Bonchev–Trinajstić information content (AvgIpc) is 0.719. The van der Waals surface area contributed by atoms with Crippen LogP contribution in [0.5, 0.6) is 69.0 Å². The van der Waals surface area contributed by atoms with Crippen LogP contribution in [0.15, 0.2) is 210 Å². The van der Waals surface area contributed by atoms with Gasteiger partial charge in [0, 0.05) is 68.9 Å². The number of aryl methyl sites for hydroxylation is 6. The molecule has 6 aromatic rings. The third-order valence-electron chi connectivity index (χ3n) is 28.7. The van der Waals surface area contributed by atoms with Crippen LogP contribution in [-0.2, 0) is 32.1 Å². The van der Waals surface area contributed by atoms with Crippen molar-refractivity contribution in [2.75, 3.05) is 7.11 Å². The number of ether oxygens (including phenoxy) is 1. The van der Waals surface area contributed by atoms with Gasteiger partial charge in [-0.1, -0.05) is 229 Å². The van der Waals surface area contributed by atoms with Crippen molar-refractivity contribution in [1.29, 1.82) is 0 Å². The number of unbranched alkanes of at least 4 members (excludes halogenated alkanes) is 7. The fourth-order valence-corrected chi connectivity index (χ4v) is 21.2. The number of aromatic hydroxyl groups is 11. The number of carboxylic acid groups (broad SMARTS) is 1. The molecule has 736 valence electrons. The highest BCUT2D eigenvalue weighted by atomic mass is 16.5. The lowest BCUT2D eigenvalue weighted by molar-refractivity contribution is 0.0691. The summed E-state index contributed by atoms with van der Waals surface area (Å²) in [5.74, 6) is 2.87. The number of benzene rings is 6. The van der Waals surface area contributed by atoms with Gasteiger partial charge in [-0.3, -0.25) is 0 Å². The molecule has 0 saturated heterocycles. The number of rotatable bonds is 31. The maximum atomic E-state index is 11.8. The third-order valence-corrected chi connectivity index (χ3v) is 28.7. The van der Waals surface area contributed by atoms with Crippen LogP contribution in [0.1, 0.15) is 384 Å². The van der Waals surface area contributed by atoms with Crippen LogP contribution in [-0.4, -0.2) is 74.4 Å². The lowest BCUT2D eigenvalue weighted by Crippen LogP contribution is -2.18. The van der Waals surface area contributed by atoms with Gasteiger partial charge in [-0.05, 0) is 360 Å². The highest BCUT2D eigenvalue weighted by molar-refractivity contribution is 5.94. The van der Waals surface area contributed by atoms with Gasteiger partial charge in [-0.25, -0.2) is 4.79 Å². The molecule has 0 saturated carbocycles. The highest BCUT2D eigenvalue weighted by Crippen LogP contribution is 2.55. The van der Waals surface area contributed by atoms with Gasteiger partial charge in [-0.2, -0.15) is 0 Å². The molecule has 0 amide bonds. The Morgan fingerprint density at radius 3 is 0.785 bits per heavy atom. The molecule has 0 aromatic heterocycles. The number of phenolic OH excluding ortho intramolecular Hbond substituents is 10. The number of methoxy groups -OCH3 is 1. The molecule has 6 aliphatic rings. The minimum Gasteiger partial charge on any atom is -0.507 e. The second-order valence-corrected chi connectivity index (χ2v) is 40.5. The molecule has 0 aliphatic heterocycles. The topological polar surface area (TPSA) is 269 Å². The first-order valence-corrected chi connectivity index (χ1v) is 50.3. The first kappa shape index (κ1) is 111. The smallest absolute Gasteiger partial charge is 0.339 e. The second kappa shape index (κ2) is 53.1. The van der Waals surface area contributed by atoms with Crippen molar-refractivity contribution < 1.29 is 70.8 Å². The Hall–Kier alpha value is -10.7. The van der Waals surface area contributed by atoms with Crippen molar-refractivity contribution in [3.8, 4) is 69.0 Å². The Labute approximate surface area is 811 Å². The number of hydrogen-bond donors (Lipinski definition) is 12. The molecule has 14 nitrogen and oxygen atoms in total. The van der Waals surface area contributed by atoms with Gasteiger partial charge in [0.2, 0.25) is 0 Å². The van der Waals surface area contributed by atoms with Crippen molar-refractivity contribution in [2.24, 2.45) is 35.5 Å². The minimum atomic E-state index is -1.15.